The Morgan fingerprint density at radius 3 is 2.32 bits per heavy atom. The molecule has 1 amide bonds. The molecule has 0 N–H and O–H groups in total. The van der Waals surface area contributed by atoms with Gasteiger partial charge in [-0.3, -0.25) is 14.6 Å². The van der Waals surface area contributed by atoms with Crippen LogP contribution in [-0.4, -0.2) is 98.1 Å². The first kappa shape index (κ1) is 21.9. The number of piperazine rings is 2. The van der Waals surface area contributed by atoms with Crippen molar-refractivity contribution in [2.24, 2.45) is 0 Å². The predicted molar refractivity (Wildman–Crippen MR) is 120 cm³/mol. The fourth-order valence-electron chi connectivity index (χ4n) is 4.42. The lowest BCUT2D eigenvalue weighted by Crippen LogP contribution is -2.53. The Morgan fingerprint density at radius 2 is 1.61 bits per heavy atom. The van der Waals surface area contributed by atoms with Crippen molar-refractivity contribution in [2.45, 2.75) is 13.0 Å². The van der Waals surface area contributed by atoms with Crippen LogP contribution in [0.2, 0.25) is 0 Å². The van der Waals surface area contributed by atoms with Crippen molar-refractivity contribution < 1.29 is 13.9 Å². The molecule has 1 aromatic carbocycles. The minimum atomic E-state index is 0.265. The van der Waals surface area contributed by atoms with Crippen molar-refractivity contribution in [1.82, 2.24) is 19.6 Å². The van der Waals surface area contributed by atoms with E-state index in [9.17, 15) is 4.79 Å². The lowest BCUT2D eigenvalue weighted by molar-refractivity contribution is -0.134. The third kappa shape index (κ3) is 6.09. The molecule has 7 nitrogen and oxygen atoms in total. The van der Waals surface area contributed by atoms with Crippen LogP contribution < -0.4 is 4.74 Å². The first-order chi connectivity index (χ1) is 15.2. The third-order valence-electron chi connectivity index (χ3n) is 6.39. The number of carbonyl (C=O) groups excluding carboxylic acids is 1. The number of benzene rings is 1. The van der Waals surface area contributed by atoms with E-state index in [1.54, 1.807) is 13.4 Å². The van der Waals surface area contributed by atoms with Crippen molar-refractivity contribution >= 4 is 5.91 Å². The number of nitrogens with zero attached hydrogens (tertiary/aromatic N) is 4. The second-order valence-electron chi connectivity index (χ2n) is 8.42. The molecule has 168 valence electrons. The Balaban J connectivity index is 1.15. The van der Waals surface area contributed by atoms with E-state index in [1.165, 1.54) is 5.56 Å². The number of para-hydroxylation sites is 1. The van der Waals surface area contributed by atoms with Crippen molar-refractivity contribution in [2.75, 3.05) is 72.6 Å². The summed E-state index contributed by atoms with van der Waals surface area (Å²) in [6.07, 6.45) is 2.68. The zero-order chi connectivity index (χ0) is 21.5. The van der Waals surface area contributed by atoms with Crippen LogP contribution in [0.5, 0.6) is 5.75 Å². The van der Waals surface area contributed by atoms with Gasteiger partial charge in [-0.2, -0.15) is 0 Å². The van der Waals surface area contributed by atoms with Crippen LogP contribution in [0, 0.1) is 0 Å². The van der Waals surface area contributed by atoms with Crippen molar-refractivity contribution in [1.29, 1.82) is 0 Å². The number of carbonyl (C=O) groups is 1. The average molecular weight is 427 g/mol. The first-order valence-corrected chi connectivity index (χ1v) is 11.3. The molecule has 2 saturated heterocycles. The van der Waals surface area contributed by atoms with E-state index in [-0.39, 0.29) is 5.91 Å². The van der Waals surface area contributed by atoms with E-state index in [0.717, 1.165) is 83.4 Å². The Hall–Kier alpha value is -2.35. The highest BCUT2D eigenvalue weighted by Gasteiger charge is 2.25. The largest absolute Gasteiger partial charge is 0.496 e. The van der Waals surface area contributed by atoms with Crippen LogP contribution >= 0.6 is 0 Å². The van der Waals surface area contributed by atoms with Crippen molar-refractivity contribution in [3.63, 3.8) is 0 Å². The molecule has 0 radical (unpaired) electrons. The molecular weight excluding hydrogens is 392 g/mol. The van der Waals surface area contributed by atoms with E-state index in [2.05, 4.69) is 20.8 Å². The number of methoxy groups -OCH3 is 1. The SMILES string of the molecule is COc1ccccc1CN1CCN(C(=O)CN2CCN(CCc3ccco3)CC2)CC1. The normalized spacial score (nSPS) is 18.9. The molecule has 3 heterocycles. The number of hydrogen-bond donors (Lipinski definition) is 0. The Bertz CT molecular complexity index is 810. The van der Waals surface area contributed by atoms with Crippen LogP contribution in [0.1, 0.15) is 11.3 Å². The predicted octanol–water partition coefficient (Wildman–Crippen LogP) is 1.79. The van der Waals surface area contributed by atoms with Gasteiger partial charge in [0.1, 0.15) is 11.5 Å². The second kappa shape index (κ2) is 10.8. The summed E-state index contributed by atoms with van der Waals surface area (Å²) in [4.78, 5) is 22.0. The van der Waals surface area contributed by atoms with Gasteiger partial charge in [-0.1, -0.05) is 18.2 Å². The molecule has 2 aliphatic rings. The maximum atomic E-state index is 12.8. The Kier molecular flexibility index (Phi) is 7.61. The highest BCUT2D eigenvalue weighted by Crippen LogP contribution is 2.20. The lowest BCUT2D eigenvalue weighted by Gasteiger charge is -2.38. The van der Waals surface area contributed by atoms with E-state index in [1.807, 2.05) is 35.2 Å². The van der Waals surface area contributed by atoms with E-state index >= 15 is 0 Å². The molecule has 2 aliphatic heterocycles. The number of ether oxygens (including phenoxy) is 1. The summed E-state index contributed by atoms with van der Waals surface area (Å²) in [6, 6.07) is 12.1. The molecule has 2 fully saturated rings. The van der Waals surface area contributed by atoms with Gasteiger partial charge in [0.05, 0.1) is 19.9 Å². The molecule has 0 bridgehead atoms. The molecule has 7 heteroatoms. The topological polar surface area (TPSA) is 52.4 Å². The molecule has 0 aliphatic carbocycles. The Labute approximate surface area is 185 Å². The van der Waals surface area contributed by atoms with Gasteiger partial charge in [-0.25, -0.2) is 0 Å². The Morgan fingerprint density at radius 1 is 0.903 bits per heavy atom. The van der Waals surface area contributed by atoms with Gasteiger partial charge in [0.2, 0.25) is 5.91 Å². The van der Waals surface area contributed by atoms with Crippen LogP contribution in [0.3, 0.4) is 0 Å². The summed E-state index contributed by atoms with van der Waals surface area (Å²) in [5, 5.41) is 0. The first-order valence-electron chi connectivity index (χ1n) is 11.3. The summed E-state index contributed by atoms with van der Waals surface area (Å²) < 4.78 is 10.9. The quantitative estimate of drug-likeness (QED) is 0.642. The zero-order valence-electron chi connectivity index (χ0n) is 18.5. The van der Waals surface area contributed by atoms with E-state index in [4.69, 9.17) is 9.15 Å². The maximum absolute atomic E-state index is 12.8. The fourth-order valence-corrected chi connectivity index (χ4v) is 4.42. The average Bonchev–Trinajstić information content (AvgIpc) is 3.33. The van der Waals surface area contributed by atoms with Crippen LogP contribution in [0.4, 0.5) is 0 Å². The van der Waals surface area contributed by atoms with Crippen LogP contribution in [0.15, 0.2) is 47.1 Å². The molecule has 1 aromatic heterocycles. The molecular formula is C24H34N4O3. The number of furan rings is 1. The highest BCUT2D eigenvalue weighted by molar-refractivity contribution is 5.78. The van der Waals surface area contributed by atoms with Gasteiger partial charge in [0.25, 0.3) is 0 Å². The van der Waals surface area contributed by atoms with Crippen LogP contribution in [-0.2, 0) is 17.8 Å². The minimum absolute atomic E-state index is 0.265. The highest BCUT2D eigenvalue weighted by atomic mass is 16.5. The van der Waals surface area contributed by atoms with Gasteiger partial charge in [0.15, 0.2) is 0 Å². The number of amides is 1. The van der Waals surface area contributed by atoms with Crippen molar-refractivity contribution in [3.8, 4) is 5.75 Å². The minimum Gasteiger partial charge on any atom is -0.496 e. The third-order valence-corrected chi connectivity index (χ3v) is 6.39. The molecule has 4 rings (SSSR count). The van der Waals surface area contributed by atoms with E-state index in [0.29, 0.717) is 6.54 Å². The molecule has 31 heavy (non-hydrogen) atoms. The summed E-state index contributed by atoms with van der Waals surface area (Å²) in [5.41, 5.74) is 1.20. The molecule has 0 saturated carbocycles. The molecule has 0 atom stereocenters. The summed E-state index contributed by atoms with van der Waals surface area (Å²) >= 11 is 0. The maximum Gasteiger partial charge on any atom is 0.236 e. The van der Waals surface area contributed by atoms with Gasteiger partial charge in [0, 0.05) is 77.4 Å². The smallest absolute Gasteiger partial charge is 0.236 e. The van der Waals surface area contributed by atoms with Crippen LogP contribution in [0.25, 0.3) is 0 Å². The summed E-state index contributed by atoms with van der Waals surface area (Å²) in [7, 11) is 1.72. The molecule has 0 unspecified atom stereocenters. The van der Waals surface area contributed by atoms with Gasteiger partial charge in [-0.15, -0.1) is 0 Å². The zero-order valence-corrected chi connectivity index (χ0v) is 18.5. The van der Waals surface area contributed by atoms with Gasteiger partial charge in [-0.05, 0) is 18.2 Å². The monoisotopic (exact) mass is 426 g/mol. The molecule has 0 spiro atoms. The van der Waals surface area contributed by atoms with Crippen molar-refractivity contribution in [3.05, 3.63) is 54.0 Å². The van der Waals surface area contributed by atoms with Gasteiger partial charge < -0.3 is 19.0 Å². The molecule has 2 aromatic rings. The summed E-state index contributed by atoms with van der Waals surface area (Å²) in [6.45, 7) is 9.79. The lowest BCUT2D eigenvalue weighted by atomic mass is 10.1. The van der Waals surface area contributed by atoms with E-state index < -0.39 is 0 Å². The standard InChI is InChI=1S/C24H34N4O3/c1-30-23-7-3-2-5-21(23)19-26-14-16-28(17-15-26)24(29)20-27-12-10-25(11-13-27)9-8-22-6-4-18-31-22/h2-7,18H,8-17,19-20H2,1H3. The summed E-state index contributed by atoms with van der Waals surface area (Å²) in [5.74, 6) is 2.24. The second-order valence-corrected chi connectivity index (χ2v) is 8.42. The fraction of sp³-hybridized carbons (Fsp3) is 0.542. The number of hydrogen-bond acceptors (Lipinski definition) is 6. The number of rotatable bonds is 8. The van der Waals surface area contributed by atoms with Gasteiger partial charge >= 0.3 is 0 Å².